The fourth-order valence-electron chi connectivity index (χ4n) is 4.81. The molecular weight excluding hydrogens is 551 g/mol. The minimum absolute atomic E-state index is 0.120. The van der Waals surface area contributed by atoms with Crippen molar-refractivity contribution in [2.75, 3.05) is 28.3 Å². The Labute approximate surface area is 238 Å². The van der Waals surface area contributed by atoms with Crippen molar-refractivity contribution in [2.45, 2.75) is 44.3 Å². The molecule has 4 aromatic rings. The van der Waals surface area contributed by atoms with Gasteiger partial charge >= 0.3 is 6.18 Å². The summed E-state index contributed by atoms with van der Waals surface area (Å²) in [7, 11) is 1.42. The molecule has 1 aromatic heterocycles. The molecule has 0 saturated heterocycles. The lowest BCUT2D eigenvalue weighted by Gasteiger charge is -2.25. The highest BCUT2D eigenvalue weighted by molar-refractivity contribution is 6.00. The van der Waals surface area contributed by atoms with Gasteiger partial charge in [-0.15, -0.1) is 0 Å². The maximum absolute atomic E-state index is 13.7. The summed E-state index contributed by atoms with van der Waals surface area (Å²) in [5.74, 6) is -1.13. The van der Waals surface area contributed by atoms with Gasteiger partial charge < -0.3 is 26.6 Å². The Bertz CT molecular complexity index is 1660. The number of para-hydroxylation sites is 1. The molecule has 1 amide bonds. The molecule has 13 heteroatoms. The van der Waals surface area contributed by atoms with Crippen LogP contribution in [0.4, 0.5) is 53.4 Å². The molecule has 0 spiro atoms. The number of hydrogen-bond acceptors (Lipinski definition) is 9. The van der Waals surface area contributed by atoms with Crippen molar-refractivity contribution in [3.63, 3.8) is 0 Å². The van der Waals surface area contributed by atoms with E-state index in [2.05, 4.69) is 36.6 Å². The molecule has 0 atom stereocenters. The van der Waals surface area contributed by atoms with E-state index >= 15 is 0 Å². The number of nitrogens with one attached hydrogen (secondary N) is 5. The molecule has 10 nitrogen and oxygen atoms in total. The van der Waals surface area contributed by atoms with Gasteiger partial charge in [-0.25, -0.2) is 4.98 Å². The van der Waals surface area contributed by atoms with E-state index in [-0.39, 0.29) is 28.9 Å². The summed E-state index contributed by atoms with van der Waals surface area (Å²) in [6.07, 6.45) is 1.11. The van der Waals surface area contributed by atoms with E-state index in [1.165, 1.54) is 19.2 Å². The van der Waals surface area contributed by atoms with Crippen LogP contribution in [0.1, 0.15) is 48.0 Å². The molecular formula is C29H28F3N7O3. The van der Waals surface area contributed by atoms with Crippen LogP contribution in [0.2, 0.25) is 0 Å². The zero-order chi connectivity index (χ0) is 29.9. The highest BCUT2D eigenvalue weighted by Crippen LogP contribution is 2.36. The second-order valence-corrected chi connectivity index (χ2v) is 9.92. The maximum Gasteiger partial charge on any atom is 0.421 e. The number of carbonyl (C=O) groups excluding carboxylic acids is 1. The third-order valence-corrected chi connectivity index (χ3v) is 7.02. The molecule has 5 N–H and O–H groups in total. The molecule has 218 valence electrons. The first-order valence-corrected chi connectivity index (χ1v) is 13.4. The summed E-state index contributed by atoms with van der Waals surface area (Å²) in [4.78, 5) is 44.4. The summed E-state index contributed by atoms with van der Waals surface area (Å²) in [6.45, 7) is 0. The molecule has 1 aliphatic carbocycles. The molecule has 0 radical (unpaired) electrons. The SMILES string of the molecule is CNC(=O)c1ccccc1Nc1nc(Nc2ccc(Nc3c(NC4CCCCC4)c(=O)c3=O)cc2)ncc1C(F)(F)F. The van der Waals surface area contributed by atoms with Crippen molar-refractivity contribution < 1.29 is 18.0 Å². The van der Waals surface area contributed by atoms with E-state index in [9.17, 15) is 27.6 Å². The molecule has 3 aromatic carbocycles. The quantitative estimate of drug-likeness (QED) is 0.165. The van der Waals surface area contributed by atoms with Crippen molar-refractivity contribution >= 4 is 46.1 Å². The summed E-state index contributed by atoms with van der Waals surface area (Å²) in [5.41, 5.74) is -0.445. The number of hydrogen-bond donors (Lipinski definition) is 5. The van der Waals surface area contributed by atoms with E-state index in [0.717, 1.165) is 32.1 Å². The number of nitrogens with zero attached hydrogens (tertiary/aromatic N) is 2. The van der Waals surface area contributed by atoms with E-state index in [4.69, 9.17) is 0 Å². The summed E-state index contributed by atoms with van der Waals surface area (Å²) < 4.78 is 41.2. The molecule has 0 bridgehead atoms. The average Bonchev–Trinajstić information content (AvgIpc) is 2.99. The van der Waals surface area contributed by atoms with Crippen molar-refractivity contribution in [1.82, 2.24) is 15.3 Å². The Kier molecular flexibility index (Phi) is 8.09. The van der Waals surface area contributed by atoms with Crippen molar-refractivity contribution in [3.8, 4) is 0 Å². The maximum atomic E-state index is 13.7. The van der Waals surface area contributed by atoms with Crippen molar-refractivity contribution in [2.24, 2.45) is 0 Å². The van der Waals surface area contributed by atoms with Crippen LogP contribution in [0.25, 0.3) is 0 Å². The standard InChI is InChI=1S/C29H28F3N7O3/c1-33-27(42)19-9-5-6-10-21(19)38-26-20(29(30,31)32)15-34-28(39-26)37-18-13-11-17(12-14-18)36-23-22(24(40)25(23)41)35-16-7-3-2-4-8-16/h5-6,9-16,35-36H,2-4,7-8H2,1H3,(H,33,42)(H2,34,37,38,39). The number of alkyl halides is 3. The number of anilines is 7. The Hall–Kier alpha value is -4.94. The Morgan fingerprint density at radius 3 is 2.17 bits per heavy atom. The lowest BCUT2D eigenvalue weighted by Crippen LogP contribution is -2.39. The molecule has 1 fully saturated rings. The second kappa shape index (κ2) is 11.9. The number of amides is 1. The third kappa shape index (κ3) is 6.19. The number of carbonyl (C=O) groups is 1. The van der Waals surface area contributed by atoms with Crippen LogP contribution in [-0.4, -0.2) is 29.0 Å². The Morgan fingerprint density at radius 1 is 0.857 bits per heavy atom. The fourth-order valence-corrected chi connectivity index (χ4v) is 4.81. The zero-order valence-electron chi connectivity index (χ0n) is 22.6. The van der Waals surface area contributed by atoms with Crippen molar-refractivity contribution in [1.29, 1.82) is 0 Å². The highest BCUT2D eigenvalue weighted by Gasteiger charge is 2.35. The van der Waals surface area contributed by atoms with Gasteiger partial charge in [0.2, 0.25) is 5.95 Å². The fraction of sp³-hybridized carbons (Fsp3) is 0.276. The molecule has 1 heterocycles. The second-order valence-electron chi connectivity index (χ2n) is 9.92. The van der Waals surface area contributed by atoms with Gasteiger partial charge in [-0.3, -0.25) is 14.4 Å². The van der Waals surface area contributed by atoms with Crippen LogP contribution in [0.15, 0.2) is 64.3 Å². The minimum atomic E-state index is -4.75. The number of benzene rings is 2. The first-order valence-electron chi connectivity index (χ1n) is 13.4. The third-order valence-electron chi connectivity index (χ3n) is 7.02. The van der Waals surface area contributed by atoms with E-state index < -0.39 is 34.3 Å². The monoisotopic (exact) mass is 579 g/mol. The van der Waals surface area contributed by atoms with Gasteiger partial charge in [0.15, 0.2) is 0 Å². The van der Waals surface area contributed by atoms with Gasteiger partial charge in [0.05, 0.1) is 11.3 Å². The van der Waals surface area contributed by atoms with Crippen LogP contribution < -0.4 is 37.4 Å². The normalized spacial score (nSPS) is 13.9. The van der Waals surface area contributed by atoms with Gasteiger partial charge in [0.25, 0.3) is 16.8 Å². The minimum Gasteiger partial charge on any atom is -0.377 e. The molecule has 42 heavy (non-hydrogen) atoms. The largest absolute Gasteiger partial charge is 0.421 e. The van der Waals surface area contributed by atoms with Gasteiger partial charge in [0.1, 0.15) is 22.8 Å². The smallest absolute Gasteiger partial charge is 0.377 e. The molecule has 5 rings (SSSR count). The predicted octanol–water partition coefficient (Wildman–Crippen LogP) is 5.43. The highest BCUT2D eigenvalue weighted by atomic mass is 19.4. The predicted molar refractivity (Wildman–Crippen MR) is 155 cm³/mol. The molecule has 1 aliphatic rings. The van der Waals surface area contributed by atoms with Crippen LogP contribution >= 0.6 is 0 Å². The van der Waals surface area contributed by atoms with E-state index in [1.807, 2.05) is 0 Å². The number of halogens is 3. The summed E-state index contributed by atoms with van der Waals surface area (Å²) >= 11 is 0. The topological polar surface area (TPSA) is 137 Å². The van der Waals surface area contributed by atoms with Crippen LogP contribution in [-0.2, 0) is 6.18 Å². The first kappa shape index (κ1) is 28.6. The van der Waals surface area contributed by atoms with Gasteiger partial charge in [-0.05, 0) is 49.2 Å². The Balaban J connectivity index is 1.33. The summed E-state index contributed by atoms with van der Waals surface area (Å²) in [6, 6.07) is 12.8. The number of rotatable bonds is 9. The lowest BCUT2D eigenvalue weighted by molar-refractivity contribution is -0.137. The lowest BCUT2D eigenvalue weighted by atomic mass is 9.95. The first-order chi connectivity index (χ1) is 20.1. The van der Waals surface area contributed by atoms with Crippen LogP contribution in [0.5, 0.6) is 0 Å². The van der Waals surface area contributed by atoms with E-state index in [0.29, 0.717) is 23.3 Å². The molecule has 1 saturated carbocycles. The van der Waals surface area contributed by atoms with Crippen molar-refractivity contribution in [3.05, 3.63) is 86.3 Å². The summed E-state index contributed by atoms with van der Waals surface area (Å²) in [5, 5.41) is 14.1. The molecule has 0 aliphatic heterocycles. The van der Waals surface area contributed by atoms with Gasteiger partial charge in [-0.2, -0.15) is 18.2 Å². The van der Waals surface area contributed by atoms with Crippen LogP contribution in [0.3, 0.4) is 0 Å². The van der Waals surface area contributed by atoms with Gasteiger partial charge in [-0.1, -0.05) is 31.4 Å². The zero-order valence-corrected chi connectivity index (χ0v) is 22.6. The number of aromatic nitrogens is 2. The average molecular weight is 580 g/mol. The Morgan fingerprint density at radius 2 is 1.50 bits per heavy atom. The molecule has 0 unspecified atom stereocenters. The van der Waals surface area contributed by atoms with E-state index in [1.54, 1.807) is 36.4 Å². The van der Waals surface area contributed by atoms with Gasteiger partial charge in [0, 0.05) is 30.7 Å². The van der Waals surface area contributed by atoms with Crippen LogP contribution in [0, 0.1) is 0 Å².